The van der Waals surface area contributed by atoms with Gasteiger partial charge in [-0.1, -0.05) is 6.07 Å². The molecule has 8 heteroatoms. The molecule has 2 fully saturated rings. The van der Waals surface area contributed by atoms with Gasteiger partial charge in [0.25, 0.3) is 5.91 Å². The Bertz CT molecular complexity index is 905. The van der Waals surface area contributed by atoms with Crippen LogP contribution in [-0.2, 0) is 10.0 Å². The summed E-state index contributed by atoms with van der Waals surface area (Å²) in [6, 6.07) is 10.7. The lowest BCUT2D eigenvalue weighted by molar-refractivity contribution is 0.0766. The van der Waals surface area contributed by atoms with Gasteiger partial charge in [0.15, 0.2) is 0 Å². The summed E-state index contributed by atoms with van der Waals surface area (Å²) in [5.41, 5.74) is 0.556. The van der Waals surface area contributed by atoms with E-state index in [2.05, 4.69) is 17.5 Å². The van der Waals surface area contributed by atoms with E-state index in [1.165, 1.54) is 9.18 Å². The van der Waals surface area contributed by atoms with E-state index in [1.54, 1.807) is 35.6 Å². The van der Waals surface area contributed by atoms with Crippen molar-refractivity contribution in [2.45, 2.75) is 29.4 Å². The van der Waals surface area contributed by atoms with Crippen LogP contribution in [0.3, 0.4) is 0 Å². The molecular weight excluding hydrogens is 412 g/mol. The van der Waals surface area contributed by atoms with E-state index >= 15 is 0 Å². The van der Waals surface area contributed by atoms with Crippen LogP contribution < -0.4 is 0 Å². The lowest BCUT2D eigenvalue weighted by Gasteiger charge is -2.21. The topological polar surface area (TPSA) is 57.7 Å². The van der Waals surface area contributed by atoms with Crippen molar-refractivity contribution >= 4 is 39.0 Å². The highest BCUT2D eigenvalue weighted by atomic mass is 32.2. The molecule has 0 aliphatic carbocycles. The molecular formula is C20H24N2O3S3. The number of thiophene rings is 1. The van der Waals surface area contributed by atoms with E-state index < -0.39 is 10.0 Å². The highest BCUT2D eigenvalue weighted by Crippen LogP contribution is 2.37. The maximum Gasteiger partial charge on any atom is 0.253 e. The molecule has 0 N–H and O–H groups in total. The zero-order chi connectivity index (χ0) is 19.6. The van der Waals surface area contributed by atoms with E-state index in [1.807, 2.05) is 16.7 Å². The minimum absolute atomic E-state index is 0.0162. The summed E-state index contributed by atoms with van der Waals surface area (Å²) in [7, 11) is -3.44. The lowest BCUT2D eigenvalue weighted by atomic mass is 10.2. The molecule has 1 atom stereocenters. The monoisotopic (exact) mass is 436 g/mol. The molecule has 28 heavy (non-hydrogen) atoms. The molecule has 0 radical (unpaired) electrons. The first-order chi connectivity index (χ1) is 13.6. The Morgan fingerprint density at radius 2 is 1.75 bits per heavy atom. The maximum atomic E-state index is 12.9. The predicted molar refractivity (Wildman–Crippen MR) is 114 cm³/mol. The summed E-state index contributed by atoms with van der Waals surface area (Å²) in [5.74, 6) is 0.896. The van der Waals surface area contributed by atoms with E-state index in [0.29, 0.717) is 23.9 Å². The Balaban J connectivity index is 1.43. The van der Waals surface area contributed by atoms with Crippen LogP contribution in [-0.4, -0.2) is 55.5 Å². The summed E-state index contributed by atoms with van der Waals surface area (Å²) in [6.07, 6.45) is 2.77. The molecule has 3 heterocycles. The molecule has 0 bridgehead atoms. The van der Waals surface area contributed by atoms with E-state index in [-0.39, 0.29) is 10.8 Å². The molecule has 2 saturated heterocycles. The van der Waals surface area contributed by atoms with E-state index in [0.717, 1.165) is 38.1 Å². The summed E-state index contributed by atoms with van der Waals surface area (Å²) in [4.78, 5) is 16.5. The number of carbonyl (C=O) groups is 1. The van der Waals surface area contributed by atoms with Crippen molar-refractivity contribution in [1.29, 1.82) is 0 Å². The van der Waals surface area contributed by atoms with Crippen LogP contribution in [0.2, 0.25) is 0 Å². The van der Waals surface area contributed by atoms with Gasteiger partial charge in [-0.15, -0.1) is 11.3 Å². The number of sulfonamides is 1. The molecule has 1 aromatic carbocycles. The largest absolute Gasteiger partial charge is 0.338 e. The zero-order valence-electron chi connectivity index (χ0n) is 15.6. The second-order valence-electron chi connectivity index (χ2n) is 7.09. The molecule has 4 rings (SSSR count). The molecule has 2 aliphatic heterocycles. The average molecular weight is 437 g/mol. The first-order valence-corrected chi connectivity index (χ1v) is 13.0. The Kier molecular flexibility index (Phi) is 6.10. The summed E-state index contributed by atoms with van der Waals surface area (Å²) in [6.45, 7) is 2.61. The van der Waals surface area contributed by atoms with Gasteiger partial charge in [0.05, 0.1) is 4.90 Å². The van der Waals surface area contributed by atoms with Crippen LogP contribution in [0, 0.1) is 0 Å². The number of nitrogens with zero attached hydrogens (tertiary/aromatic N) is 2. The summed E-state index contributed by atoms with van der Waals surface area (Å²) in [5, 5.41) is 2.55. The van der Waals surface area contributed by atoms with Crippen LogP contribution in [0.25, 0.3) is 0 Å². The van der Waals surface area contributed by atoms with Gasteiger partial charge in [0.2, 0.25) is 10.0 Å². The fourth-order valence-electron chi connectivity index (χ4n) is 3.70. The van der Waals surface area contributed by atoms with Gasteiger partial charge in [-0.05, 0) is 55.0 Å². The minimum Gasteiger partial charge on any atom is -0.338 e. The van der Waals surface area contributed by atoms with Gasteiger partial charge in [-0.25, -0.2) is 8.42 Å². The fraction of sp³-hybridized carbons (Fsp3) is 0.450. The van der Waals surface area contributed by atoms with Crippen molar-refractivity contribution in [3.63, 3.8) is 0 Å². The smallest absolute Gasteiger partial charge is 0.253 e. The van der Waals surface area contributed by atoms with Gasteiger partial charge in [0.1, 0.15) is 0 Å². The SMILES string of the molecule is O=C(c1ccc(S(=O)(=O)N2CCCC2)cc1)N1CCSC(c2cccs2)CC1. The number of hydrogen-bond donors (Lipinski definition) is 0. The molecule has 5 nitrogen and oxygen atoms in total. The summed E-state index contributed by atoms with van der Waals surface area (Å²) >= 11 is 3.68. The van der Waals surface area contributed by atoms with Crippen molar-refractivity contribution < 1.29 is 13.2 Å². The minimum atomic E-state index is -3.44. The highest BCUT2D eigenvalue weighted by molar-refractivity contribution is 7.99. The van der Waals surface area contributed by atoms with Gasteiger partial charge < -0.3 is 4.90 Å². The molecule has 150 valence electrons. The quantitative estimate of drug-likeness (QED) is 0.730. The average Bonchev–Trinajstić information content (AvgIpc) is 3.39. The Labute approximate surface area is 174 Å². The van der Waals surface area contributed by atoms with Crippen LogP contribution >= 0.6 is 23.1 Å². The number of amides is 1. The number of thioether (sulfide) groups is 1. The zero-order valence-corrected chi connectivity index (χ0v) is 18.1. The van der Waals surface area contributed by atoms with E-state index in [4.69, 9.17) is 0 Å². The van der Waals surface area contributed by atoms with Gasteiger partial charge in [-0.2, -0.15) is 16.1 Å². The van der Waals surface area contributed by atoms with Crippen molar-refractivity contribution in [2.24, 2.45) is 0 Å². The first-order valence-electron chi connectivity index (χ1n) is 9.60. The lowest BCUT2D eigenvalue weighted by Crippen LogP contribution is -2.33. The molecule has 1 amide bonds. The van der Waals surface area contributed by atoms with Crippen molar-refractivity contribution in [2.75, 3.05) is 31.9 Å². The molecule has 2 aromatic rings. The van der Waals surface area contributed by atoms with Gasteiger partial charge in [-0.3, -0.25) is 4.79 Å². The number of benzene rings is 1. The third-order valence-electron chi connectivity index (χ3n) is 5.29. The van der Waals surface area contributed by atoms with Crippen LogP contribution in [0.1, 0.15) is 39.7 Å². The Hall–Kier alpha value is -1.35. The Morgan fingerprint density at radius 3 is 2.43 bits per heavy atom. The second-order valence-corrected chi connectivity index (χ2v) is 11.3. The van der Waals surface area contributed by atoms with Crippen LogP contribution in [0.15, 0.2) is 46.7 Å². The molecule has 1 aromatic heterocycles. The molecule has 2 aliphatic rings. The third-order valence-corrected chi connectivity index (χ3v) is 9.65. The van der Waals surface area contributed by atoms with Crippen LogP contribution in [0.5, 0.6) is 0 Å². The van der Waals surface area contributed by atoms with Crippen LogP contribution in [0.4, 0.5) is 0 Å². The number of rotatable bonds is 4. The maximum absolute atomic E-state index is 12.9. The first kappa shape index (κ1) is 19.9. The standard InChI is InChI=1S/C20H24N2O3S3/c23-20(21-12-9-19(27-15-13-21)18-4-3-14-26-18)16-5-7-17(8-6-16)28(24,25)22-10-1-2-11-22/h3-8,14,19H,1-2,9-13,15H2. The molecule has 1 unspecified atom stereocenters. The van der Waals surface area contributed by atoms with Crippen molar-refractivity contribution in [3.05, 3.63) is 52.2 Å². The highest BCUT2D eigenvalue weighted by Gasteiger charge is 2.28. The number of hydrogen-bond acceptors (Lipinski definition) is 5. The predicted octanol–water partition coefficient (Wildman–Crippen LogP) is 3.85. The molecule has 0 spiro atoms. The van der Waals surface area contributed by atoms with E-state index in [9.17, 15) is 13.2 Å². The normalized spacial score (nSPS) is 21.6. The third kappa shape index (κ3) is 4.15. The Morgan fingerprint density at radius 1 is 1.00 bits per heavy atom. The van der Waals surface area contributed by atoms with Crippen molar-refractivity contribution in [1.82, 2.24) is 9.21 Å². The van der Waals surface area contributed by atoms with Gasteiger partial charge in [0, 0.05) is 47.6 Å². The van der Waals surface area contributed by atoms with Crippen molar-refractivity contribution in [3.8, 4) is 0 Å². The second kappa shape index (κ2) is 8.57. The fourth-order valence-corrected chi connectivity index (χ4v) is 7.46. The molecule has 0 saturated carbocycles. The number of carbonyl (C=O) groups excluding carboxylic acids is 1. The van der Waals surface area contributed by atoms with Gasteiger partial charge >= 0.3 is 0 Å². The summed E-state index contributed by atoms with van der Waals surface area (Å²) < 4.78 is 26.8.